The second-order valence-corrected chi connectivity index (χ2v) is 5.28. The summed E-state index contributed by atoms with van der Waals surface area (Å²) in [5.74, 6) is 0.836. The highest BCUT2D eigenvalue weighted by Gasteiger charge is 2.13. The van der Waals surface area contributed by atoms with E-state index in [1.165, 1.54) is 6.07 Å². The lowest BCUT2D eigenvalue weighted by Gasteiger charge is -2.15. The first-order chi connectivity index (χ1) is 8.97. The highest BCUT2D eigenvalue weighted by Crippen LogP contribution is 2.31. The minimum atomic E-state index is -0.315. The Morgan fingerprint density at radius 3 is 2.68 bits per heavy atom. The average molecular weight is 325 g/mol. The molecule has 1 unspecified atom stereocenters. The van der Waals surface area contributed by atoms with Crippen molar-refractivity contribution < 1.29 is 9.13 Å². The van der Waals surface area contributed by atoms with Gasteiger partial charge in [0.1, 0.15) is 17.3 Å². The Bertz CT molecular complexity index is 602. The molecule has 0 aliphatic rings. The van der Waals surface area contributed by atoms with Gasteiger partial charge in [0.05, 0.1) is 6.20 Å². The number of hydrogen-bond donors (Lipinski definition) is 1. The van der Waals surface area contributed by atoms with Crippen molar-refractivity contribution in [2.24, 2.45) is 5.73 Å². The normalized spacial score (nSPS) is 12.3. The van der Waals surface area contributed by atoms with E-state index in [1.54, 1.807) is 38.4 Å². The molecule has 0 bridgehead atoms. The molecule has 0 aliphatic heterocycles. The molecule has 0 fully saturated rings. The first-order valence-electron chi connectivity index (χ1n) is 5.81. The minimum absolute atomic E-state index is 0.285. The van der Waals surface area contributed by atoms with Crippen LogP contribution in [0.15, 0.2) is 35.1 Å². The number of nitrogens with zero attached hydrogens (tertiary/aromatic N) is 1. The van der Waals surface area contributed by atoms with E-state index in [0.29, 0.717) is 22.6 Å². The van der Waals surface area contributed by atoms with Crippen molar-refractivity contribution in [1.82, 2.24) is 4.98 Å². The predicted octanol–water partition coefficient (Wildman–Crippen LogP) is 4.10. The van der Waals surface area contributed by atoms with Gasteiger partial charge in [-0.3, -0.25) is 4.98 Å². The van der Waals surface area contributed by atoms with Gasteiger partial charge in [-0.15, -0.1) is 0 Å². The minimum Gasteiger partial charge on any atom is -0.455 e. The lowest BCUT2D eigenvalue weighted by Crippen LogP contribution is -2.08. The van der Waals surface area contributed by atoms with Crippen molar-refractivity contribution in [2.75, 3.05) is 0 Å². The summed E-state index contributed by atoms with van der Waals surface area (Å²) >= 11 is 3.32. The largest absolute Gasteiger partial charge is 0.455 e. The zero-order valence-electron chi connectivity index (χ0n) is 10.7. The number of halogens is 2. The van der Waals surface area contributed by atoms with Crippen LogP contribution >= 0.6 is 15.9 Å². The molecule has 1 aromatic carbocycles. The number of hydrogen-bond acceptors (Lipinski definition) is 3. The number of aromatic nitrogens is 1. The molecule has 0 spiro atoms. The fraction of sp³-hybridized carbons (Fsp3) is 0.214. The van der Waals surface area contributed by atoms with Gasteiger partial charge in [0.25, 0.3) is 0 Å². The van der Waals surface area contributed by atoms with Gasteiger partial charge in [0.2, 0.25) is 0 Å². The molecule has 2 rings (SSSR count). The topological polar surface area (TPSA) is 48.1 Å². The molecule has 0 amide bonds. The molecule has 5 heteroatoms. The van der Waals surface area contributed by atoms with Crippen molar-refractivity contribution in [3.05, 3.63) is 52.0 Å². The molecule has 2 aromatic rings. The third kappa shape index (κ3) is 3.30. The van der Waals surface area contributed by atoms with E-state index < -0.39 is 0 Å². The average Bonchev–Trinajstić information content (AvgIpc) is 2.33. The first-order valence-corrected chi connectivity index (χ1v) is 6.60. The smallest absolute Gasteiger partial charge is 0.146 e. The van der Waals surface area contributed by atoms with Crippen LogP contribution in [0.3, 0.4) is 0 Å². The van der Waals surface area contributed by atoms with Gasteiger partial charge >= 0.3 is 0 Å². The molecule has 0 saturated carbocycles. The van der Waals surface area contributed by atoms with Crippen molar-refractivity contribution in [3.8, 4) is 11.5 Å². The van der Waals surface area contributed by atoms with Crippen LogP contribution in [0.1, 0.15) is 24.1 Å². The Morgan fingerprint density at radius 2 is 2.05 bits per heavy atom. The molecule has 2 N–H and O–H groups in total. The van der Waals surface area contributed by atoms with E-state index in [0.717, 1.165) is 4.47 Å². The standard InChI is InChI=1S/C14H14BrFN2O/c1-8-3-14(12(9(2)17)5-13(8)16)19-11-4-10(15)6-18-7-11/h3-7,9H,17H2,1-2H3. The van der Waals surface area contributed by atoms with Gasteiger partial charge in [0.15, 0.2) is 0 Å². The quantitative estimate of drug-likeness (QED) is 0.924. The molecule has 1 aromatic heterocycles. The number of nitrogens with two attached hydrogens (primary N) is 1. The summed E-state index contributed by atoms with van der Waals surface area (Å²) in [5.41, 5.74) is 6.99. The summed E-state index contributed by atoms with van der Waals surface area (Å²) in [6.45, 7) is 3.47. The van der Waals surface area contributed by atoms with Crippen LogP contribution in [-0.4, -0.2) is 4.98 Å². The highest BCUT2D eigenvalue weighted by molar-refractivity contribution is 9.10. The number of ether oxygens (including phenoxy) is 1. The van der Waals surface area contributed by atoms with Gasteiger partial charge in [0, 0.05) is 22.3 Å². The van der Waals surface area contributed by atoms with Crippen LogP contribution in [0.5, 0.6) is 11.5 Å². The van der Waals surface area contributed by atoms with E-state index >= 15 is 0 Å². The van der Waals surface area contributed by atoms with Crippen molar-refractivity contribution in [3.63, 3.8) is 0 Å². The maximum absolute atomic E-state index is 13.6. The summed E-state index contributed by atoms with van der Waals surface area (Å²) in [6.07, 6.45) is 3.25. The Balaban J connectivity index is 2.41. The van der Waals surface area contributed by atoms with E-state index in [-0.39, 0.29) is 11.9 Å². The highest BCUT2D eigenvalue weighted by atomic mass is 79.9. The SMILES string of the molecule is Cc1cc(Oc2cncc(Br)c2)c(C(C)N)cc1F. The molecule has 0 aliphatic carbocycles. The summed E-state index contributed by atoms with van der Waals surface area (Å²) in [7, 11) is 0. The zero-order valence-corrected chi connectivity index (χ0v) is 12.2. The van der Waals surface area contributed by atoms with Gasteiger partial charge in [-0.25, -0.2) is 4.39 Å². The fourth-order valence-electron chi connectivity index (χ4n) is 1.69. The lowest BCUT2D eigenvalue weighted by molar-refractivity contribution is 0.465. The molecular weight excluding hydrogens is 311 g/mol. The fourth-order valence-corrected chi connectivity index (χ4v) is 2.03. The van der Waals surface area contributed by atoms with Gasteiger partial charge in [-0.1, -0.05) is 0 Å². The monoisotopic (exact) mass is 324 g/mol. The summed E-state index contributed by atoms with van der Waals surface area (Å²) in [6, 6.07) is 4.54. The Morgan fingerprint density at radius 1 is 1.32 bits per heavy atom. The van der Waals surface area contributed by atoms with Gasteiger partial charge < -0.3 is 10.5 Å². The van der Waals surface area contributed by atoms with Crippen LogP contribution in [0.2, 0.25) is 0 Å². The Hall–Kier alpha value is -1.46. The number of pyridine rings is 1. The van der Waals surface area contributed by atoms with Gasteiger partial charge in [-0.05, 0) is 53.5 Å². The molecule has 3 nitrogen and oxygen atoms in total. The summed E-state index contributed by atoms with van der Waals surface area (Å²) < 4.78 is 20.2. The van der Waals surface area contributed by atoms with Crippen LogP contribution in [0.4, 0.5) is 4.39 Å². The molecule has 1 heterocycles. The second kappa shape index (κ2) is 5.67. The number of rotatable bonds is 3. The summed E-state index contributed by atoms with van der Waals surface area (Å²) in [4.78, 5) is 4.02. The lowest BCUT2D eigenvalue weighted by atomic mass is 10.1. The van der Waals surface area contributed by atoms with E-state index in [2.05, 4.69) is 20.9 Å². The molecule has 0 radical (unpaired) electrons. The third-order valence-corrected chi connectivity index (χ3v) is 3.12. The van der Waals surface area contributed by atoms with Crippen LogP contribution < -0.4 is 10.5 Å². The molecule has 100 valence electrons. The van der Waals surface area contributed by atoms with Crippen molar-refractivity contribution in [2.45, 2.75) is 19.9 Å². The molecule has 19 heavy (non-hydrogen) atoms. The Labute approximate surface area is 119 Å². The molecule has 1 atom stereocenters. The zero-order chi connectivity index (χ0) is 14.0. The predicted molar refractivity (Wildman–Crippen MR) is 75.8 cm³/mol. The number of aryl methyl sites for hydroxylation is 1. The maximum atomic E-state index is 13.6. The second-order valence-electron chi connectivity index (χ2n) is 4.37. The first kappa shape index (κ1) is 14.0. The van der Waals surface area contributed by atoms with E-state index in [1.807, 2.05) is 0 Å². The number of benzene rings is 1. The van der Waals surface area contributed by atoms with Crippen molar-refractivity contribution in [1.29, 1.82) is 0 Å². The Kier molecular flexibility index (Phi) is 4.17. The summed E-state index contributed by atoms with van der Waals surface area (Å²) in [5, 5.41) is 0. The third-order valence-electron chi connectivity index (χ3n) is 2.69. The van der Waals surface area contributed by atoms with Crippen LogP contribution in [0.25, 0.3) is 0 Å². The van der Waals surface area contributed by atoms with Crippen LogP contribution in [-0.2, 0) is 0 Å². The van der Waals surface area contributed by atoms with E-state index in [9.17, 15) is 4.39 Å². The van der Waals surface area contributed by atoms with Crippen molar-refractivity contribution >= 4 is 15.9 Å². The van der Waals surface area contributed by atoms with Gasteiger partial charge in [-0.2, -0.15) is 0 Å². The molecule has 0 saturated heterocycles. The van der Waals surface area contributed by atoms with E-state index in [4.69, 9.17) is 10.5 Å². The maximum Gasteiger partial charge on any atom is 0.146 e. The van der Waals surface area contributed by atoms with Crippen LogP contribution in [0, 0.1) is 12.7 Å². The molecular formula is C14H14BrFN2O.